The molecule has 0 aliphatic rings. The lowest BCUT2D eigenvalue weighted by Crippen LogP contribution is -2.21. The lowest BCUT2D eigenvalue weighted by atomic mass is 10.2. The third kappa shape index (κ3) is 4.41. The van der Waals surface area contributed by atoms with Crippen LogP contribution >= 0.6 is 11.3 Å². The average Bonchev–Trinajstić information content (AvgIpc) is 2.76. The summed E-state index contributed by atoms with van der Waals surface area (Å²) in [6.07, 6.45) is 0.489. The average molecular weight is 297 g/mol. The molecule has 0 spiro atoms. The number of hydrogen-bond donors (Lipinski definition) is 1. The number of hydrogen-bond acceptors (Lipinski definition) is 5. The van der Waals surface area contributed by atoms with Crippen molar-refractivity contribution in [3.8, 4) is 11.3 Å². The van der Waals surface area contributed by atoms with Crippen molar-refractivity contribution in [2.45, 2.75) is 12.5 Å². The number of aromatic nitrogens is 1. The molecule has 0 aliphatic carbocycles. The van der Waals surface area contributed by atoms with E-state index in [0.717, 1.165) is 22.5 Å². The minimum absolute atomic E-state index is 0.229. The Bertz CT molecular complexity index is 635. The van der Waals surface area contributed by atoms with Gasteiger partial charge in [-0.15, -0.1) is 11.3 Å². The second kappa shape index (κ2) is 5.81. The van der Waals surface area contributed by atoms with Gasteiger partial charge in [-0.3, -0.25) is 0 Å². The molecule has 19 heavy (non-hydrogen) atoms. The molecule has 1 atom stereocenters. The predicted octanol–water partition coefficient (Wildman–Crippen LogP) is 1.76. The van der Waals surface area contributed by atoms with Crippen molar-refractivity contribution in [3.63, 3.8) is 0 Å². The first-order valence-corrected chi connectivity index (χ1v) is 8.74. The number of sulfone groups is 1. The predicted molar refractivity (Wildman–Crippen MR) is 77.0 cm³/mol. The van der Waals surface area contributed by atoms with Gasteiger partial charge in [-0.1, -0.05) is 30.3 Å². The Labute approximate surface area is 116 Å². The van der Waals surface area contributed by atoms with Crippen LogP contribution in [0.25, 0.3) is 11.3 Å². The number of aliphatic hydroxyl groups is 1. The summed E-state index contributed by atoms with van der Waals surface area (Å²) in [6.45, 7) is 0. The summed E-state index contributed by atoms with van der Waals surface area (Å²) in [5, 5.41) is 12.4. The van der Waals surface area contributed by atoms with Crippen LogP contribution in [0.3, 0.4) is 0 Å². The van der Waals surface area contributed by atoms with Gasteiger partial charge in [0.25, 0.3) is 0 Å². The van der Waals surface area contributed by atoms with Crippen LogP contribution in [-0.2, 0) is 16.3 Å². The van der Waals surface area contributed by atoms with Crippen LogP contribution in [0.2, 0.25) is 0 Å². The van der Waals surface area contributed by atoms with Crippen molar-refractivity contribution in [2.75, 3.05) is 12.0 Å². The summed E-state index contributed by atoms with van der Waals surface area (Å²) in [5.41, 5.74) is 1.87. The molecule has 1 aromatic heterocycles. The quantitative estimate of drug-likeness (QED) is 0.913. The highest BCUT2D eigenvalue weighted by Gasteiger charge is 2.15. The van der Waals surface area contributed by atoms with Gasteiger partial charge in [-0.05, 0) is 0 Å². The number of nitrogens with zero attached hydrogens (tertiary/aromatic N) is 1. The van der Waals surface area contributed by atoms with Crippen LogP contribution in [0.4, 0.5) is 0 Å². The van der Waals surface area contributed by atoms with Crippen LogP contribution < -0.4 is 0 Å². The highest BCUT2D eigenvalue weighted by Crippen LogP contribution is 2.22. The van der Waals surface area contributed by atoms with Gasteiger partial charge in [0.05, 0.1) is 22.6 Å². The maximum Gasteiger partial charge on any atom is 0.150 e. The normalized spacial score (nSPS) is 13.4. The smallest absolute Gasteiger partial charge is 0.150 e. The molecule has 2 aromatic rings. The van der Waals surface area contributed by atoms with Gasteiger partial charge in [-0.25, -0.2) is 13.4 Å². The fraction of sp³-hybridized carbons (Fsp3) is 0.308. The monoisotopic (exact) mass is 297 g/mol. The van der Waals surface area contributed by atoms with E-state index in [1.54, 1.807) is 0 Å². The molecule has 0 aliphatic heterocycles. The minimum atomic E-state index is -3.16. The van der Waals surface area contributed by atoms with E-state index in [1.165, 1.54) is 11.3 Å². The van der Waals surface area contributed by atoms with E-state index in [1.807, 2.05) is 35.7 Å². The Kier molecular flexibility index (Phi) is 4.34. The zero-order valence-electron chi connectivity index (χ0n) is 10.5. The molecule has 0 radical (unpaired) electrons. The van der Waals surface area contributed by atoms with E-state index in [0.29, 0.717) is 0 Å². The van der Waals surface area contributed by atoms with E-state index >= 15 is 0 Å². The van der Waals surface area contributed by atoms with E-state index in [2.05, 4.69) is 4.98 Å². The van der Waals surface area contributed by atoms with Crippen molar-refractivity contribution in [1.82, 2.24) is 4.98 Å². The van der Waals surface area contributed by atoms with Gasteiger partial charge in [0.2, 0.25) is 0 Å². The molecule has 0 fully saturated rings. The van der Waals surface area contributed by atoms with Crippen molar-refractivity contribution < 1.29 is 13.5 Å². The molecular formula is C13H15NO3S2. The van der Waals surface area contributed by atoms with E-state index < -0.39 is 15.9 Å². The molecule has 1 aromatic carbocycles. The van der Waals surface area contributed by atoms with Crippen LogP contribution in [0, 0.1) is 0 Å². The highest BCUT2D eigenvalue weighted by atomic mass is 32.2. The van der Waals surface area contributed by atoms with Gasteiger partial charge in [0.1, 0.15) is 9.84 Å². The first-order valence-electron chi connectivity index (χ1n) is 5.79. The third-order valence-electron chi connectivity index (χ3n) is 2.53. The third-order valence-corrected chi connectivity index (χ3v) is 4.39. The molecule has 0 bridgehead atoms. The van der Waals surface area contributed by atoms with Gasteiger partial charge in [0, 0.05) is 23.6 Å². The Hall–Kier alpha value is -1.24. The molecule has 1 unspecified atom stereocenters. The van der Waals surface area contributed by atoms with E-state index in [9.17, 15) is 13.5 Å². The highest BCUT2D eigenvalue weighted by molar-refractivity contribution is 7.90. The topological polar surface area (TPSA) is 67.3 Å². The molecule has 0 amide bonds. The zero-order chi connectivity index (χ0) is 13.9. The minimum Gasteiger partial charge on any atom is -0.392 e. The Morgan fingerprint density at radius 2 is 2.00 bits per heavy atom. The molecule has 6 heteroatoms. The summed E-state index contributed by atoms with van der Waals surface area (Å²) in [7, 11) is -3.16. The zero-order valence-corrected chi connectivity index (χ0v) is 12.1. The fourth-order valence-electron chi connectivity index (χ4n) is 1.76. The number of aliphatic hydroxyl groups excluding tert-OH is 1. The Morgan fingerprint density at radius 3 is 2.63 bits per heavy atom. The molecular weight excluding hydrogens is 282 g/mol. The van der Waals surface area contributed by atoms with Gasteiger partial charge in [0.15, 0.2) is 0 Å². The molecule has 102 valence electrons. The summed E-state index contributed by atoms with van der Waals surface area (Å²) in [4.78, 5) is 4.41. The van der Waals surface area contributed by atoms with Crippen molar-refractivity contribution in [2.24, 2.45) is 0 Å². The lowest BCUT2D eigenvalue weighted by Gasteiger charge is -2.06. The largest absolute Gasteiger partial charge is 0.392 e. The van der Waals surface area contributed by atoms with Gasteiger partial charge in [-0.2, -0.15) is 0 Å². The van der Waals surface area contributed by atoms with E-state index in [4.69, 9.17) is 0 Å². The van der Waals surface area contributed by atoms with E-state index in [-0.39, 0.29) is 12.2 Å². The number of rotatable bonds is 5. The maximum atomic E-state index is 11.1. The maximum absolute atomic E-state index is 11.1. The molecule has 0 saturated carbocycles. The van der Waals surface area contributed by atoms with Crippen LogP contribution in [0.15, 0.2) is 35.7 Å². The molecule has 1 N–H and O–H groups in total. The summed E-state index contributed by atoms with van der Waals surface area (Å²) >= 11 is 1.43. The lowest BCUT2D eigenvalue weighted by molar-refractivity contribution is 0.198. The summed E-state index contributed by atoms with van der Waals surface area (Å²) < 4.78 is 22.2. The first kappa shape index (κ1) is 14.2. The SMILES string of the molecule is CS(=O)(=O)CC(O)Cc1nc(-c2ccccc2)cs1. The molecule has 4 nitrogen and oxygen atoms in total. The van der Waals surface area contributed by atoms with Crippen molar-refractivity contribution in [1.29, 1.82) is 0 Å². The number of benzene rings is 1. The number of thiazole rings is 1. The second-order valence-electron chi connectivity index (χ2n) is 4.44. The first-order chi connectivity index (χ1) is 8.94. The standard InChI is InChI=1S/C13H15NO3S2/c1-19(16,17)9-11(15)7-13-14-12(8-18-13)10-5-3-2-4-6-10/h2-6,8,11,15H,7,9H2,1H3. The Balaban J connectivity index is 2.06. The Morgan fingerprint density at radius 1 is 1.32 bits per heavy atom. The van der Waals surface area contributed by atoms with Gasteiger partial charge >= 0.3 is 0 Å². The van der Waals surface area contributed by atoms with Crippen molar-refractivity contribution >= 4 is 21.2 Å². The molecule has 2 rings (SSSR count). The molecule has 0 saturated heterocycles. The van der Waals surface area contributed by atoms with Crippen LogP contribution in [0.5, 0.6) is 0 Å². The van der Waals surface area contributed by atoms with Crippen molar-refractivity contribution in [3.05, 3.63) is 40.7 Å². The summed E-state index contributed by atoms with van der Waals surface area (Å²) in [5.74, 6) is -0.229. The van der Waals surface area contributed by atoms with Gasteiger partial charge < -0.3 is 5.11 Å². The second-order valence-corrected chi connectivity index (χ2v) is 7.57. The van der Waals surface area contributed by atoms with Crippen LogP contribution in [0.1, 0.15) is 5.01 Å². The van der Waals surface area contributed by atoms with Crippen LogP contribution in [-0.4, -0.2) is 36.6 Å². The fourth-order valence-corrected chi connectivity index (χ4v) is 3.45. The molecule has 1 heterocycles. The summed E-state index contributed by atoms with van der Waals surface area (Å²) in [6, 6.07) is 9.74.